The highest BCUT2D eigenvalue weighted by molar-refractivity contribution is 7.99. The molecule has 3 aromatic rings. The van der Waals surface area contributed by atoms with Gasteiger partial charge in [-0.15, -0.1) is 11.3 Å². The molecule has 0 amide bonds. The summed E-state index contributed by atoms with van der Waals surface area (Å²) < 4.78 is 41.9. The van der Waals surface area contributed by atoms with Gasteiger partial charge in [0.15, 0.2) is 5.16 Å². The normalized spacial score (nSPS) is 14.4. The molecule has 4 rings (SSSR count). The van der Waals surface area contributed by atoms with Gasteiger partial charge in [-0.1, -0.05) is 23.9 Å². The van der Waals surface area contributed by atoms with E-state index in [2.05, 4.69) is 4.98 Å². The van der Waals surface area contributed by atoms with Crippen LogP contribution in [0.15, 0.2) is 34.2 Å². The lowest BCUT2D eigenvalue weighted by Crippen LogP contribution is -2.25. The van der Waals surface area contributed by atoms with Gasteiger partial charge in [0.1, 0.15) is 4.83 Å². The number of aryl methyl sites for hydroxylation is 2. The number of hydrogen-bond donors (Lipinski definition) is 1. The topological polar surface area (TPSA) is 55.1 Å². The van der Waals surface area contributed by atoms with E-state index in [4.69, 9.17) is 0 Å². The summed E-state index contributed by atoms with van der Waals surface area (Å²) in [4.78, 5) is 19.6. The molecule has 28 heavy (non-hydrogen) atoms. The molecular formula is C19H17F3N2O2S2. The fourth-order valence-corrected chi connectivity index (χ4v) is 5.59. The molecule has 0 fully saturated rings. The molecule has 148 valence electrons. The van der Waals surface area contributed by atoms with Gasteiger partial charge >= 0.3 is 6.18 Å². The summed E-state index contributed by atoms with van der Waals surface area (Å²) in [5.41, 5.74) is -0.652. The van der Waals surface area contributed by atoms with Crippen molar-refractivity contribution < 1.29 is 18.3 Å². The first kappa shape index (κ1) is 19.5. The SMILES string of the molecule is O=c1c2c3c(sc2nc(SCCO)n1-c1ccccc1C(F)(F)F)CCCC3. The highest BCUT2D eigenvalue weighted by Crippen LogP contribution is 2.37. The van der Waals surface area contributed by atoms with E-state index in [1.807, 2.05) is 0 Å². The summed E-state index contributed by atoms with van der Waals surface area (Å²) in [5, 5.41) is 9.78. The number of halogens is 3. The lowest BCUT2D eigenvalue weighted by atomic mass is 9.97. The van der Waals surface area contributed by atoms with Crippen molar-refractivity contribution in [1.29, 1.82) is 0 Å². The Morgan fingerprint density at radius 3 is 2.71 bits per heavy atom. The van der Waals surface area contributed by atoms with Gasteiger partial charge in [0.2, 0.25) is 0 Å². The van der Waals surface area contributed by atoms with Crippen LogP contribution in [0.25, 0.3) is 15.9 Å². The average molecular weight is 426 g/mol. The Hall–Kier alpha value is -1.84. The molecule has 2 aromatic heterocycles. The molecule has 0 saturated heterocycles. The molecule has 0 spiro atoms. The van der Waals surface area contributed by atoms with Crippen LogP contribution < -0.4 is 5.56 Å². The third-order valence-electron chi connectivity index (χ3n) is 4.73. The molecule has 0 unspecified atom stereocenters. The van der Waals surface area contributed by atoms with Crippen molar-refractivity contribution in [3.8, 4) is 5.69 Å². The standard InChI is InChI=1S/C19H17F3N2O2S2/c20-19(21,22)12-6-2-3-7-13(12)24-17(26)15-11-5-1-4-8-14(11)28-16(15)23-18(24)27-10-9-25/h2-3,6-7,25H,1,4-5,8-10H2. The minimum absolute atomic E-state index is 0.166. The fourth-order valence-electron chi connectivity index (χ4n) is 3.54. The Labute approximate surface area is 167 Å². The summed E-state index contributed by atoms with van der Waals surface area (Å²) in [6.45, 7) is -0.166. The molecule has 1 aliphatic rings. The first-order valence-electron chi connectivity index (χ1n) is 8.89. The Balaban J connectivity index is 2.04. The molecule has 4 nitrogen and oxygen atoms in total. The number of aliphatic hydroxyl groups is 1. The van der Waals surface area contributed by atoms with Crippen molar-refractivity contribution in [2.75, 3.05) is 12.4 Å². The van der Waals surface area contributed by atoms with Crippen LogP contribution in [0.1, 0.15) is 28.8 Å². The first-order valence-corrected chi connectivity index (χ1v) is 10.7. The number of alkyl halides is 3. The van der Waals surface area contributed by atoms with E-state index >= 15 is 0 Å². The molecule has 2 heterocycles. The van der Waals surface area contributed by atoms with Crippen LogP contribution in [0, 0.1) is 0 Å². The van der Waals surface area contributed by atoms with Crippen LogP contribution >= 0.6 is 23.1 Å². The van der Waals surface area contributed by atoms with Crippen LogP contribution in [0.5, 0.6) is 0 Å². The lowest BCUT2D eigenvalue weighted by molar-refractivity contribution is -0.137. The third kappa shape index (κ3) is 3.35. The van der Waals surface area contributed by atoms with E-state index in [0.717, 1.165) is 58.5 Å². The number of para-hydroxylation sites is 1. The second-order valence-electron chi connectivity index (χ2n) is 6.51. The maximum absolute atomic E-state index is 13.6. The number of benzene rings is 1. The Bertz CT molecular complexity index is 1090. The van der Waals surface area contributed by atoms with Crippen molar-refractivity contribution >= 4 is 33.3 Å². The maximum Gasteiger partial charge on any atom is 0.418 e. The smallest absolute Gasteiger partial charge is 0.396 e. The van der Waals surface area contributed by atoms with Crippen LogP contribution in [0.2, 0.25) is 0 Å². The third-order valence-corrected chi connectivity index (χ3v) is 6.84. The van der Waals surface area contributed by atoms with Gasteiger partial charge in [0.05, 0.1) is 23.2 Å². The second kappa shape index (κ2) is 7.53. The lowest BCUT2D eigenvalue weighted by Gasteiger charge is -2.17. The average Bonchev–Trinajstić information content (AvgIpc) is 3.04. The Morgan fingerprint density at radius 1 is 1.21 bits per heavy atom. The van der Waals surface area contributed by atoms with Crippen molar-refractivity contribution in [3.63, 3.8) is 0 Å². The van der Waals surface area contributed by atoms with Gasteiger partial charge in [-0.05, 0) is 43.4 Å². The minimum atomic E-state index is -4.60. The van der Waals surface area contributed by atoms with E-state index in [-0.39, 0.29) is 23.2 Å². The summed E-state index contributed by atoms with van der Waals surface area (Å²) in [6, 6.07) is 5.04. The van der Waals surface area contributed by atoms with Crippen molar-refractivity contribution in [3.05, 3.63) is 50.6 Å². The molecule has 0 atom stereocenters. The van der Waals surface area contributed by atoms with Crippen LogP contribution in [0.4, 0.5) is 13.2 Å². The number of nitrogens with zero attached hydrogens (tertiary/aromatic N) is 2. The zero-order chi connectivity index (χ0) is 19.9. The maximum atomic E-state index is 13.6. The number of aromatic nitrogens is 2. The number of aliphatic hydroxyl groups excluding tert-OH is 1. The van der Waals surface area contributed by atoms with Crippen LogP contribution in [0.3, 0.4) is 0 Å². The predicted molar refractivity (Wildman–Crippen MR) is 105 cm³/mol. The zero-order valence-electron chi connectivity index (χ0n) is 14.8. The van der Waals surface area contributed by atoms with Crippen LogP contribution in [-0.4, -0.2) is 27.0 Å². The monoisotopic (exact) mass is 426 g/mol. The summed E-state index contributed by atoms with van der Waals surface area (Å²) in [6.07, 6.45) is -0.988. The van der Waals surface area contributed by atoms with Gasteiger partial charge < -0.3 is 5.11 Å². The molecule has 1 aliphatic carbocycles. The van der Waals surface area contributed by atoms with E-state index in [0.29, 0.717) is 10.2 Å². The summed E-state index contributed by atoms with van der Waals surface area (Å²) >= 11 is 2.53. The number of hydrogen-bond acceptors (Lipinski definition) is 5. The fraction of sp³-hybridized carbons (Fsp3) is 0.368. The molecule has 1 N–H and O–H groups in total. The number of rotatable bonds is 4. The molecule has 0 saturated carbocycles. The van der Waals surface area contributed by atoms with E-state index in [1.165, 1.54) is 29.5 Å². The highest BCUT2D eigenvalue weighted by Gasteiger charge is 2.35. The first-order chi connectivity index (χ1) is 13.4. The largest absolute Gasteiger partial charge is 0.418 e. The van der Waals surface area contributed by atoms with E-state index in [1.54, 1.807) is 0 Å². The van der Waals surface area contributed by atoms with Gasteiger partial charge in [0, 0.05) is 10.6 Å². The quantitative estimate of drug-likeness (QED) is 0.495. The second-order valence-corrected chi connectivity index (χ2v) is 8.66. The number of thiophene rings is 1. The van der Waals surface area contributed by atoms with E-state index in [9.17, 15) is 23.1 Å². The highest BCUT2D eigenvalue weighted by atomic mass is 32.2. The predicted octanol–water partition coefficient (Wildman–Crippen LogP) is 4.43. The molecular weight excluding hydrogens is 409 g/mol. The molecule has 0 bridgehead atoms. The van der Waals surface area contributed by atoms with Gasteiger partial charge in [-0.3, -0.25) is 9.36 Å². The molecule has 9 heteroatoms. The molecule has 1 aromatic carbocycles. The summed E-state index contributed by atoms with van der Waals surface area (Å²) in [5.74, 6) is 0.233. The molecule has 0 aliphatic heterocycles. The van der Waals surface area contributed by atoms with Crippen molar-refractivity contribution in [2.45, 2.75) is 37.0 Å². The summed E-state index contributed by atoms with van der Waals surface area (Å²) in [7, 11) is 0. The Kier molecular flexibility index (Phi) is 5.24. The van der Waals surface area contributed by atoms with E-state index < -0.39 is 17.3 Å². The van der Waals surface area contributed by atoms with Crippen molar-refractivity contribution in [1.82, 2.24) is 9.55 Å². The Morgan fingerprint density at radius 2 is 1.96 bits per heavy atom. The van der Waals surface area contributed by atoms with Gasteiger partial charge in [-0.25, -0.2) is 4.98 Å². The van der Waals surface area contributed by atoms with Crippen LogP contribution in [-0.2, 0) is 19.0 Å². The van der Waals surface area contributed by atoms with Crippen molar-refractivity contribution in [2.24, 2.45) is 0 Å². The number of thioether (sulfide) groups is 1. The zero-order valence-corrected chi connectivity index (χ0v) is 16.4. The minimum Gasteiger partial charge on any atom is -0.396 e. The van der Waals surface area contributed by atoms with Gasteiger partial charge in [0.25, 0.3) is 5.56 Å². The number of fused-ring (bicyclic) bond motifs is 3. The molecule has 0 radical (unpaired) electrons. The van der Waals surface area contributed by atoms with Gasteiger partial charge in [-0.2, -0.15) is 13.2 Å².